The number of unbranched alkanes of at least 4 members (excludes halogenated alkanes) is 1. The number of carbonyl (C=O) groups excluding carboxylic acids is 1. The van der Waals surface area contributed by atoms with E-state index in [0.717, 1.165) is 37.2 Å². The van der Waals surface area contributed by atoms with E-state index < -0.39 is 24.1 Å². The number of halogens is 3. The van der Waals surface area contributed by atoms with Crippen molar-refractivity contribution in [1.29, 1.82) is 0 Å². The number of fused-ring (bicyclic) bond motifs is 1. The number of ether oxygens (including phenoxy) is 1. The minimum Gasteiger partial charge on any atom is -0.485 e. The van der Waals surface area contributed by atoms with E-state index in [2.05, 4.69) is 4.98 Å². The lowest BCUT2D eigenvalue weighted by Gasteiger charge is -2.13. The van der Waals surface area contributed by atoms with Crippen LogP contribution >= 0.6 is 0 Å². The maximum atomic E-state index is 14.3. The Balaban J connectivity index is 1.91. The van der Waals surface area contributed by atoms with Gasteiger partial charge in [-0.2, -0.15) is 0 Å². The van der Waals surface area contributed by atoms with Gasteiger partial charge in [-0.05, 0) is 31.4 Å². The van der Waals surface area contributed by atoms with Gasteiger partial charge in [-0.1, -0.05) is 25.8 Å². The van der Waals surface area contributed by atoms with Crippen LogP contribution in [0.4, 0.5) is 13.2 Å². The summed E-state index contributed by atoms with van der Waals surface area (Å²) in [6.45, 7) is 3.08. The molecule has 0 aliphatic carbocycles. The molecule has 0 saturated carbocycles. The summed E-state index contributed by atoms with van der Waals surface area (Å²) in [6.07, 6.45) is 3.79. The highest BCUT2D eigenvalue weighted by atomic mass is 19.1. The fourth-order valence-corrected chi connectivity index (χ4v) is 3.57. The third kappa shape index (κ3) is 5.07. The van der Waals surface area contributed by atoms with Gasteiger partial charge < -0.3 is 9.84 Å². The van der Waals surface area contributed by atoms with E-state index in [4.69, 9.17) is 4.74 Å². The standard InChI is InChI=1S/C23H25F3N2O3/c1-3-4-6-15(12-29)9-20(30)22-14(2)27-23-21(10-16(24)11-28(22)23)31-13-17-18(25)7-5-8-19(17)26/h5,7-8,10-11,15,29H,3-4,6,9,12-13H2,1-2H3/t15-/m0/s1. The van der Waals surface area contributed by atoms with Crippen molar-refractivity contribution in [3.05, 3.63) is 64.9 Å². The zero-order valence-electron chi connectivity index (χ0n) is 17.5. The van der Waals surface area contributed by atoms with E-state index in [1.54, 1.807) is 6.92 Å². The van der Waals surface area contributed by atoms with Crippen LogP contribution < -0.4 is 4.74 Å². The van der Waals surface area contributed by atoms with Gasteiger partial charge in [-0.3, -0.25) is 9.20 Å². The van der Waals surface area contributed by atoms with Crippen LogP contribution in [0.3, 0.4) is 0 Å². The molecular weight excluding hydrogens is 409 g/mol. The highest BCUT2D eigenvalue weighted by Gasteiger charge is 2.23. The van der Waals surface area contributed by atoms with Crippen molar-refractivity contribution in [2.24, 2.45) is 5.92 Å². The Labute approximate surface area is 178 Å². The highest BCUT2D eigenvalue weighted by molar-refractivity contribution is 5.96. The molecule has 0 spiro atoms. The molecule has 0 unspecified atom stereocenters. The number of rotatable bonds is 10. The van der Waals surface area contributed by atoms with Gasteiger partial charge in [0, 0.05) is 25.3 Å². The molecule has 5 nitrogen and oxygen atoms in total. The predicted molar refractivity (Wildman–Crippen MR) is 110 cm³/mol. The minimum absolute atomic E-state index is 0.0329. The van der Waals surface area contributed by atoms with Crippen molar-refractivity contribution < 1.29 is 27.8 Å². The summed E-state index contributed by atoms with van der Waals surface area (Å²) in [7, 11) is 0. The quantitative estimate of drug-likeness (QED) is 0.456. The van der Waals surface area contributed by atoms with E-state index >= 15 is 0 Å². The van der Waals surface area contributed by atoms with Gasteiger partial charge in [0.15, 0.2) is 17.2 Å². The first-order valence-electron chi connectivity index (χ1n) is 10.2. The number of ketones is 1. The lowest BCUT2D eigenvalue weighted by atomic mass is 9.95. The van der Waals surface area contributed by atoms with Crippen LogP contribution in [-0.2, 0) is 6.61 Å². The molecule has 31 heavy (non-hydrogen) atoms. The Hall–Kier alpha value is -2.87. The normalized spacial score (nSPS) is 12.3. The van der Waals surface area contributed by atoms with Crippen molar-refractivity contribution in [3.63, 3.8) is 0 Å². The topological polar surface area (TPSA) is 63.8 Å². The third-order valence-electron chi connectivity index (χ3n) is 5.22. The van der Waals surface area contributed by atoms with E-state index in [9.17, 15) is 23.1 Å². The number of aliphatic hydroxyl groups is 1. The lowest BCUT2D eigenvalue weighted by Crippen LogP contribution is -2.15. The zero-order chi connectivity index (χ0) is 22.5. The Bertz CT molecular complexity index is 1060. The molecule has 3 aromatic rings. The van der Waals surface area contributed by atoms with Gasteiger partial charge in [0.05, 0.1) is 11.3 Å². The van der Waals surface area contributed by atoms with E-state index in [-0.39, 0.29) is 47.4 Å². The maximum Gasteiger partial charge on any atom is 0.181 e. The summed E-state index contributed by atoms with van der Waals surface area (Å²) in [5, 5.41) is 9.58. The average Bonchev–Trinajstić information content (AvgIpc) is 3.06. The molecule has 3 rings (SSSR count). The van der Waals surface area contributed by atoms with Gasteiger partial charge in [-0.15, -0.1) is 0 Å². The fourth-order valence-electron chi connectivity index (χ4n) is 3.57. The molecule has 1 atom stereocenters. The second kappa shape index (κ2) is 9.96. The first kappa shape index (κ1) is 22.8. The molecule has 166 valence electrons. The molecule has 1 N–H and O–H groups in total. The van der Waals surface area contributed by atoms with Crippen molar-refractivity contribution in [1.82, 2.24) is 9.38 Å². The number of hydrogen-bond donors (Lipinski definition) is 1. The largest absolute Gasteiger partial charge is 0.485 e. The molecule has 0 bridgehead atoms. The Kier molecular flexibility index (Phi) is 7.33. The van der Waals surface area contributed by atoms with Crippen LogP contribution in [0.5, 0.6) is 5.75 Å². The smallest absolute Gasteiger partial charge is 0.181 e. The van der Waals surface area contributed by atoms with Crippen LogP contribution in [0.25, 0.3) is 5.65 Å². The summed E-state index contributed by atoms with van der Waals surface area (Å²) in [5.41, 5.74) is 0.468. The van der Waals surface area contributed by atoms with Crippen LogP contribution in [0.2, 0.25) is 0 Å². The number of aliphatic hydroxyl groups excluding tert-OH is 1. The highest BCUT2D eigenvalue weighted by Crippen LogP contribution is 2.27. The molecule has 0 aliphatic heterocycles. The first-order valence-corrected chi connectivity index (χ1v) is 10.2. The van der Waals surface area contributed by atoms with E-state index in [1.165, 1.54) is 10.5 Å². The predicted octanol–water partition coefficient (Wildman–Crippen LogP) is 5.01. The van der Waals surface area contributed by atoms with Crippen molar-refractivity contribution >= 4 is 11.4 Å². The molecule has 0 aliphatic rings. The van der Waals surface area contributed by atoms with Crippen LogP contribution in [0.15, 0.2) is 30.5 Å². The van der Waals surface area contributed by atoms with Gasteiger partial charge in [0.1, 0.15) is 29.8 Å². The summed E-state index contributed by atoms with van der Waals surface area (Å²) in [4.78, 5) is 17.3. The Morgan fingerprint density at radius 1 is 1.26 bits per heavy atom. The number of aromatic nitrogens is 2. The van der Waals surface area contributed by atoms with E-state index in [0.29, 0.717) is 12.1 Å². The Morgan fingerprint density at radius 2 is 1.97 bits per heavy atom. The fraction of sp³-hybridized carbons (Fsp3) is 0.391. The second-order valence-electron chi connectivity index (χ2n) is 7.57. The molecule has 2 heterocycles. The monoisotopic (exact) mass is 434 g/mol. The summed E-state index contributed by atoms with van der Waals surface area (Å²) in [5.74, 6) is -2.72. The lowest BCUT2D eigenvalue weighted by molar-refractivity contribution is 0.0923. The average molecular weight is 434 g/mol. The van der Waals surface area contributed by atoms with Gasteiger partial charge in [0.25, 0.3) is 0 Å². The number of Topliss-reactive ketones (excluding diaryl/α,β-unsaturated/α-hetero) is 1. The van der Waals surface area contributed by atoms with E-state index in [1.807, 2.05) is 6.92 Å². The number of imidazole rings is 1. The molecule has 0 radical (unpaired) electrons. The van der Waals surface area contributed by atoms with Crippen LogP contribution in [-0.4, -0.2) is 26.9 Å². The molecule has 1 aromatic carbocycles. The zero-order valence-corrected chi connectivity index (χ0v) is 17.5. The summed E-state index contributed by atoms with van der Waals surface area (Å²) in [6, 6.07) is 4.52. The number of carbonyl (C=O) groups is 1. The third-order valence-corrected chi connectivity index (χ3v) is 5.22. The maximum absolute atomic E-state index is 14.3. The minimum atomic E-state index is -0.773. The number of nitrogens with zero attached hydrogens (tertiary/aromatic N) is 2. The molecule has 8 heteroatoms. The number of benzene rings is 1. The number of pyridine rings is 1. The van der Waals surface area contributed by atoms with Gasteiger partial charge in [-0.25, -0.2) is 18.2 Å². The van der Waals surface area contributed by atoms with Crippen LogP contribution in [0.1, 0.15) is 54.4 Å². The van der Waals surface area contributed by atoms with Gasteiger partial charge >= 0.3 is 0 Å². The molecular formula is C23H25F3N2O3. The van der Waals surface area contributed by atoms with Crippen molar-refractivity contribution in [3.8, 4) is 5.75 Å². The van der Waals surface area contributed by atoms with Crippen molar-refractivity contribution in [2.75, 3.05) is 6.61 Å². The van der Waals surface area contributed by atoms with Crippen molar-refractivity contribution in [2.45, 2.75) is 46.1 Å². The Morgan fingerprint density at radius 3 is 2.61 bits per heavy atom. The summed E-state index contributed by atoms with van der Waals surface area (Å²) >= 11 is 0. The van der Waals surface area contributed by atoms with Crippen LogP contribution in [0, 0.1) is 30.3 Å². The SMILES string of the molecule is CCCC[C@H](CO)CC(=O)c1c(C)nc2c(OCc3c(F)cccc3F)cc(F)cn12. The summed E-state index contributed by atoms with van der Waals surface area (Å²) < 4.78 is 48.9. The number of aryl methyl sites for hydroxylation is 1. The van der Waals surface area contributed by atoms with Gasteiger partial charge in [0.2, 0.25) is 0 Å². The number of hydrogen-bond acceptors (Lipinski definition) is 4. The molecule has 0 amide bonds. The second-order valence-corrected chi connectivity index (χ2v) is 7.57. The molecule has 0 saturated heterocycles. The molecule has 2 aromatic heterocycles. The first-order chi connectivity index (χ1) is 14.8. The molecule has 0 fully saturated rings.